The summed E-state index contributed by atoms with van der Waals surface area (Å²) >= 11 is 13.3. The van der Waals surface area contributed by atoms with Crippen molar-refractivity contribution in [2.45, 2.75) is 6.92 Å². The largest absolute Gasteiger partial charge is 0.506 e. The third-order valence-electron chi connectivity index (χ3n) is 3.01. The average Bonchev–Trinajstić information content (AvgIpc) is 2.55. The highest BCUT2D eigenvalue weighted by molar-refractivity contribution is 9.11. The van der Waals surface area contributed by atoms with Crippen LogP contribution in [0.15, 0.2) is 47.3 Å². The SMILES string of the molecule is Cc1ccc(OCC(=O)N/N=C\c2c(Br)cc(Br)c(O)c2Br)c(Br)c1. The normalized spacial score (nSPS) is 10.9. The van der Waals surface area contributed by atoms with Gasteiger partial charge in [0.1, 0.15) is 11.5 Å². The van der Waals surface area contributed by atoms with E-state index in [1.165, 1.54) is 6.21 Å². The molecule has 0 aliphatic carbocycles. The minimum absolute atomic E-state index is 0.0449. The number of aromatic hydroxyl groups is 1. The van der Waals surface area contributed by atoms with E-state index in [0.717, 1.165) is 10.0 Å². The van der Waals surface area contributed by atoms with Gasteiger partial charge in [-0.2, -0.15) is 5.10 Å². The minimum atomic E-state index is -0.405. The van der Waals surface area contributed by atoms with Crippen molar-refractivity contribution < 1.29 is 14.6 Å². The number of phenolic OH excluding ortho intramolecular Hbond substituents is 1. The molecule has 5 nitrogen and oxygen atoms in total. The highest BCUT2D eigenvalue weighted by Gasteiger charge is 2.12. The summed E-state index contributed by atoms with van der Waals surface area (Å²) in [7, 11) is 0. The van der Waals surface area contributed by atoms with Crippen LogP contribution in [0.1, 0.15) is 11.1 Å². The fraction of sp³-hybridized carbons (Fsp3) is 0.125. The maximum atomic E-state index is 11.8. The average molecular weight is 600 g/mol. The van der Waals surface area contributed by atoms with Crippen molar-refractivity contribution in [1.82, 2.24) is 5.43 Å². The van der Waals surface area contributed by atoms with Gasteiger partial charge in [0.15, 0.2) is 6.61 Å². The molecule has 0 saturated heterocycles. The van der Waals surface area contributed by atoms with Gasteiger partial charge in [-0.15, -0.1) is 0 Å². The predicted molar refractivity (Wildman–Crippen MR) is 111 cm³/mol. The Kier molecular flexibility index (Phi) is 7.48. The van der Waals surface area contributed by atoms with E-state index in [0.29, 0.717) is 24.7 Å². The molecule has 0 aromatic heterocycles. The molecule has 0 spiro atoms. The summed E-state index contributed by atoms with van der Waals surface area (Å²) in [6.07, 6.45) is 1.42. The summed E-state index contributed by atoms with van der Waals surface area (Å²) in [6, 6.07) is 7.27. The Bertz CT molecular complexity index is 841. The summed E-state index contributed by atoms with van der Waals surface area (Å²) in [5.74, 6) is 0.217. The first-order valence-corrected chi connectivity index (χ1v) is 10.0. The van der Waals surface area contributed by atoms with Crippen LogP contribution in [0.25, 0.3) is 0 Å². The molecule has 0 aliphatic rings. The van der Waals surface area contributed by atoms with Crippen LogP contribution in [0.5, 0.6) is 11.5 Å². The summed E-state index contributed by atoms with van der Waals surface area (Å²) in [4.78, 5) is 11.8. The monoisotopic (exact) mass is 596 g/mol. The number of hydrogen-bond acceptors (Lipinski definition) is 4. The molecule has 0 aliphatic heterocycles. The van der Waals surface area contributed by atoms with E-state index in [1.54, 1.807) is 12.1 Å². The van der Waals surface area contributed by atoms with Crippen LogP contribution in [-0.2, 0) is 4.79 Å². The summed E-state index contributed by atoms with van der Waals surface area (Å²) in [5, 5.41) is 13.8. The van der Waals surface area contributed by atoms with Crippen LogP contribution < -0.4 is 10.2 Å². The molecule has 2 rings (SSSR count). The lowest BCUT2D eigenvalue weighted by Crippen LogP contribution is -2.24. The standard InChI is InChI=1S/C16H12Br4N2O3/c1-8-2-3-13(11(18)4-8)25-7-14(23)22-21-6-9-10(17)5-12(19)16(24)15(9)20/h2-6,24H,7H2,1H3,(H,22,23)/b21-6-. The number of halogens is 4. The third kappa shape index (κ3) is 5.54. The van der Waals surface area contributed by atoms with Gasteiger partial charge in [-0.25, -0.2) is 5.43 Å². The first-order valence-electron chi connectivity index (χ1n) is 6.87. The molecule has 0 fully saturated rings. The zero-order valence-corrected chi connectivity index (χ0v) is 19.2. The van der Waals surface area contributed by atoms with Crippen LogP contribution in [0.2, 0.25) is 0 Å². The van der Waals surface area contributed by atoms with Crippen molar-refractivity contribution in [2.75, 3.05) is 6.61 Å². The zero-order valence-electron chi connectivity index (χ0n) is 12.8. The highest BCUT2D eigenvalue weighted by atomic mass is 79.9. The van der Waals surface area contributed by atoms with Gasteiger partial charge >= 0.3 is 0 Å². The van der Waals surface area contributed by atoms with Crippen molar-refractivity contribution in [3.05, 3.63) is 53.3 Å². The van der Waals surface area contributed by atoms with Crippen LogP contribution in [0, 0.1) is 6.92 Å². The van der Waals surface area contributed by atoms with Crippen LogP contribution >= 0.6 is 63.7 Å². The molecule has 2 aromatic rings. The van der Waals surface area contributed by atoms with E-state index < -0.39 is 5.91 Å². The van der Waals surface area contributed by atoms with Crippen molar-refractivity contribution in [3.63, 3.8) is 0 Å². The van der Waals surface area contributed by atoms with Gasteiger partial charge in [0.2, 0.25) is 0 Å². The first-order chi connectivity index (χ1) is 11.8. The first kappa shape index (κ1) is 20.4. The highest BCUT2D eigenvalue weighted by Crippen LogP contribution is 2.38. The Morgan fingerprint density at radius 1 is 1.20 bits per heavy atom. The molecule has 2 aromatic carbocycles. The quantitative estimate of drug-likeness (QED) is 0.363. The van der Waals surface area contributed by atoms with E-state index in [-0.39, 0.29) is 12.4 Å². The van der Waals surface area contributed by atoms with Gasteiger partial charge in [0.05, 0.1) is 19.6 Å². The summed E-state index contributed by atoms with van der Waals surface area (Å²) in [6.45, 7) is 1.79. The Labute approximate surface area is 178 Å². The number of amides is 1. The second kappa shape index (κ2) is 9.16. The van der Waals surface area contributed by atoms with Gasteiger partial charge in [-0.05, 0) is 78.5 Å². The number of phenols is 1. The number of hydrogen-bond donors (Lipinski definition) is 2. The van der Waals surface area contributed by atoms with Crippen molar-refractivity contribution in [2.24, 2.45) is 5.10 Å². The fourth-order valence-electron chi connectivity index (χ4n) is 1.78. The number of carbonyl (C=O) groups excluding carboxylic acids is 1. The maximum Gasteiger partial charge on any atom is 0.277 e. The minimum Gasteiger partial charge on any atom is -0.506 e. The number of hydrazone groups is 1. The number of rotatable bonds is 5. The smallest absolute Gasteiger partial charge is 0.277 e. The lowest BCUT2D eigenvalue weighted by molar-refractivity contribution is -0.123. The number of nitrogens with zero attached hydrogens (tertiary/aromatic N) is 1. The molecule has 0 saturated carbocycles. The molecule has 0 heterocycles. The number of aryl methyl sites for hydroxylation is 1. The molecular formula is C16H12Br4N2O3. The van der Waals surface area contributed by atoms with Crippen molar-refractivity contribution in [1.29, 1.82) is 0 Å². The van der Waals surface area contributed by atoms with E-state index in [2.05, 4.69) is 74.2 Å². The van der Waals surface area contributed by atoms with E-state index in [4.69, 9.17) is 4.74 Å². The maximum absolute atomic E-state index is 11.8. The number of ether oxygens (including phenoxy) is 1. The Morgan fingerprint density at radius 3 is 2.60 bits per heavy atom. The van der Waals surface area contributed by atoms with Gasteiger partial charge in [-0.3, -0.25) is 4.79 Å². The summed E-state index contributed by atoms with van der Waals surface area (Å²) < 4.78 is 7.90. The second-order valence-corrected chi connectivity index (χ2v) is 8.29. The topological polar surface area (TPSA) is 70.9 Å². The molecule has 9 heteroatoms. The molecule has 0 bridgehead atoms. The van der Waals surface area contributed by atoms with Crippen molar-refractivity contribution >= 4 is 75.8 Å². The van der Waals surface area contributed by atoms with Crippen LogP contribution in [-0.4, -0.2) is 23.8 Å². The molecule has 25 heavy (non-hydrogen) atoms. The zero-order chi connectivity index (χ0) is 18.6. The second-order valence-electron chi connectivity index (χ2n) is 4.93. The van der Waals surface area contributed by atoms with Crippen LogP contribution in [0.3, 0.4) is 0 Å². The third-order valence-corrected chi connectivity index (χ3v) is 5.69. The van der Waals surface area contributed by atoms with E-state index in [1.807, 2.05) is 19.1 Å². The molecule has 2 N–H and O–H groups in total. The van der Waals surface area contributed by atoms with Crippen LogP contribution in [0.4, 0.5) is 0 Å². The predicted octanol–water partition coefficient (Wildman–Crippen LogP) is 5.28. The lowest BCUT2D eigenvalue weighted by atomic mass is 10.2. The van der Waals surface area contributed by atoms with Crippen molar-refractivity contribution in [3.8, 4) is 11.5 Å². The lowest BCUT2D eigenvalue weighted by Gasteiger charge is -2.08. The number of carbonyl (C=O) groups is 1. The van der Waals surface area contributed by atoms with E-state index >= 15 is 0 Å². The van der Waals surface area contributed by atoms with Gasteiger partial charge < -0.3 is 9.84 Å². The Morgan fingerprint density at radius 2 is 1.92 bits per heavy atom. The van der Waals surface area contributed by atoms with Gasteiger partial charge in [0, 0.05) is 10.0 Å². The van der Waals surface area contributed by atoms with Gasteiger partial charge in [0.25, 0.3) is 5.91 Å². The Hall–Kier alpha value is -0.900. The molecule has 0 atom stereocenters. The Balaban J connectivity index is 1.96. The van der Waals surface area contributed by atoms with E-state index in [9.17, 15) is 9.90 Å². The summed E-state index contributed by atoms with van der Waals surface area (Å²) in [5.41, 5.74) is 4.05. The molecule has 0 unspecified atom stereocenters. The fourth-order valence-corrected chi connectivity index (χ4v) is 4.71. The number of nitrogens with one attached hydrogen (secondary N) is 1. The number of benzene rings is 2. The molecular weight excluding hydrogens is 588 g/mol. The molecule has 132 valence electrons. The molecule has 0 radical (unpaired) electrons. The molecule has 1 amide bonds. The van der Waals surface area contributed by atoms with Gasteiger partial charge in [-0.1, -0.05) is 22.0 Å².